The van der Waals surface area contributed by atoms with Crippen LogP contribution in [0.3, 0.4) is 0 Å². The van der Waals surface area contributed by atoms with E-state index in [9.17, 15) is 14.3 Å². The van der Waals surface area contributed by atoms with Crippen LogP contribution in [0.2, 0.25) is 0 Å². The lowest BCUT2D eigenvalue weighted by Gasteiger charge is -2.07. The summed E-state index contributed by atoms with van der Waals surface area (Å²) in [5, 5.41) is 9.33. The molecule has 1 rings (SSSR count). The first-order valence-electron chi connectivity index (χ1n) is 4.07. The second-order valence-electron chi connectivity index (χ2n) is 2.88. The van der Waals surface area contributed by atoms with E-state index in [4.69, 9.17) is 0 Å². The van der Waals surface area contributed by atoms with Crippen molar-refractivity contribution in [1.29, 1.82) is 0 Å². The van der Waals surface area contributed by atoms with Crippen molar-refractivity contribution in [2.24, 2.45) is 0 Å². The van der Waals surface area contributed by atoms with Crippen LogP contribution >= 0.6 is 0 Å². The lowest BCUT2D eigenvalue weighted by molar-refractivity contribution is 0.112. The number of aldehydes is 1. The van der Waals surface area contributed by atoms with Gasteiger partial charge in [0.2, 0.25) is 0 Å². The second kappa shape index (κ2) is 3.56. The number of phenolic OH excluding ortho intramolecular Hbond substituents is 1. The van der Waals surface area contributed by atoms with Gasteiger partial charge in [0.25, 0.3) is 0 Å². The van der Waals surface area contributed by atoms with Crippen LogP contribution in [-0.4, -0.2) is 11.4 Å². The Kier molecular flexibility index (Phi) is 2.66. The van der Waals surface area contributed by atoms with Gasteiger partial charge in [0.15, 0.2) is 6.29 Å². The molecule has 0 aliphatic carbocycles. The molecule has 1 aromatic rings. The van der Waals surface area contributed by atoms with Crippen molar-refractivity contribution in [3.05, 3.63) is 28.6 Å². The van der Waals surface area contributed by atoms with Crippen LogP contribution in [0, 0.1) is 12.7 Å². The van der Waals surface area contributed by atoms with Gasteiger partial charge in [-0.15, -0.1) is 0 Å². The molecule has 0 aliphatic rings. The fraction of sp³-hybridized carbons (Fsp3) is 0.300. The number of carbonyl (C=O) groups is 1. The van der Waals surface area contributed by atoms with Crippen molar-refractivity contribution in [2.45, 2.75) is 20.3 Å². The summed E-state index contributed by atoms with van der Waals surface area (Å²) in [6.45, 7) is 3.25. The molecule has 0 unspecified atom stereocenters. The van der Waals surface area contributed by atoms with Crippen molar-refractivity contribution < 1.29 is 14.3 Å². The monoisotopic (exact) mass is 182 g/mol. The van der Waals surface area contributed by atoms with Gasteiger partial charge >= 0.3 is 0 Å². The summed E-state index contributed by atoms with van der Waals surface area (Å²) in [5.41, 5.74) is 0.745. The van der Waals surface area contributed by atoms with Gasteiger partial charge in [-0.25, -0.2) is 4.39 Å². The highest BCUT2D eigenvalue weighted by Gasteiger charge is 2.12. The lowest BCUT2D eigenvalue weighted by atomic mass is 10.0. The fourth-order valence-electron chi connectivity index (χ4n) is 1.23. The summed E-state index contributed by atoms with van der Waals surface area (Å²) in [4.78, 5) is 10.5. The molecule has 1 N–H and O–H groups in total. The molecular formula is C10H11FO2. The highest BCUT2D eigenvalue weighted by atomic mass is 19.1. The van der Waals surface area contributed by atoms with Crippen LogP contribution in [0.1, 0.15) is 28.4 Å². The van der Waals surface area contributed by atoms with Crippen molar-refractivity contribution in [3.63, 3.8) is 0 Å². The molecular weight excluding hydrogens is 171 g/mol. The Bertz CT molecular complexity index is 345. The van der Waals surface area contributed by atoms with Crippen molar-refractivity contribution in [2.75, 3.05) is 0 Å². The topological polar surface area (TPSA) is 37.3 Å². The van der Waals surface area contributed by atoms with Crippen LogP contribution < -0.4 is 0 Å². The van der Waals surface area contributed by atoms with Crippen LogP contribution in [0.25, 0.3) is 0 Å². The average Bonchev–Trinajstić information content (AvgIpc) is 2.15. The van der Waals surface area contributed by atoms with Gasteiger partial charge in [0.05, 0.1) is 5.56 Å². The summed E-state index contributed by atoms with van der Waals surface area (Å²) in [5.74, 6) is -0.685. The predicted octanol–water partition coefficient (Wildman–Crippen LogP) is 2.21. The Labute approximate surface area is 76.0 Å². The van der Waals surface area contributed by atoms with E-state index in [0.29, 0.717) is 18.3 Å². The highest BCUT2D eigenvalue weighted by molar-refractivity contribution is 5.80. The number of carbonyl (C=O) groups excluding carboxylic acids is 1. The molecule has 0 saturated carbocycles. The Morgan fingerprint density at radius 1 is 1.62 bits per heavy atom. The molecule has 0 heterocycles. The number of halogens is 1. The number of aryl methyl sites for hydroxylation is 1. The molecule has 3 heteroatoms. The van der Waals surface area contributed by atoms with E-state index in [1.165, 1.54) is 13.0 Å². The van der Waals surface area contributed by atoms with E-state index in [0.717, 1.165) is 0 Å². The average molecular weight is 182 g/mol. The standard InChI is InChI=1S/C10H11FO2/c1-3-7-4-8(5-12)10(13)6(2)9(7)11/h4-5,13H,3H2,1-2H3. The largest absolute Gasteiger partial charge is 0.507 e. The Morgan fingerprint density at radius 3 is 2.69 bits per heavy atom. The van der Waals surface area contributed by atoms with Gasteiger partial charge in [0.1, 0.15) is 11.6 Å². The van der Waals surface area contributed by atoms with Crippen molar-refractivity contribution >= 4 is 6.29 Å². The number of aromatic hydroxyl groups is 1. The molecule has 0 saturated heterocycles. The van der Waals surface area contributed by atoms with Crippen molar-refractivity contribution in [1.82, 2.24) is 0 Å². The van der Waals surface area contributed by atoms with Crippen molar-refractivity contribution in [3.8, 4) is 5.75 Å². The first kappa shape index (κ1) is 9.71. The van der Waals surface area contributed by atoms with Gasteiger partial charge in [-0.05, 0) is 25.0 Å². The number of hydrogen-bond acceptors (Lipinski definition) is 2. The minimum Gasteiger partial charge on any atom is -0.507 e. The van der Waals surface area contributed by atoms with E-state index >= 15 is 0 Å². The van der Waals surface area contributed by atoms with E-state index in [2.05, 4.69) is 0 Å². The first-order valence-corrected chi connectivity index (χ1v) is 4.07. The predicted molar refractivity (Wildman–Crippen MR) is 47.6 cm³/mol. The number of hydrogen-bond donors (Lipinski definition) is 1. The summed E-state index contributed by atoms with van der Waals surface area (Å²) >= 11 is 0. The SMILES string of the molecule is CCc1cc(C=O)c(O)c(C)c1F. The third-order valence-corrected chi connectivity index (χ3v) is 2.08. The lowest BCUT2D eigenvalue weighted by Crippen LogP contribution is -1.96. The highest BCUT2D eigenvalue weighted by Crippen LogP contribution is 2.26. The quantitative estimate of drug-likeness (QED) is 0.712. The Morgan fingerprint density at radius 2 is 2.23 bits per heavy atom. The van der Waals surface area contributed by atoms with Gasteiger partial charge < -0.3 is 5.11 Å². The number of benzene rings is 1. The molecule has 0 fully saturated rings. The Hall–Kier alpha value is -1.38. The maximum atomic E-state index is 13.3. The normalized spacial score (nSPS) is 10.1. The summed E-state index contributed by atoms with van der Waals surface area (Å²) in [6, 6.07) is 1.38. The fourth-order valence-corrected chi connectivity index (χ4v) is 1.23. The minimum atomic E-state index is -0.425. The summed E-state index contributed by atoms with van der Waals surface area (Å²) < 4.78 is 13.3. The van der Waals surface area contributed by atoms with E-state index in [-0.39, 0.29) is 16.9 Å². The molecule has 0 amide bonds. The van der Waals surface area contributed by atoms with Crippen LogP contribution in [0.5, 0.6) is 5.75 Å². The molecule has 0 aromatic heterocycles. The maximum absolute atomic E-state index is 13.3. The summed E-state index contributed by atoms with van der Waals surface area (Å²) in [7, 11) is 0. The van der Waals surface area contributed by atoms with Crippen LogP contribution in [-0.2, 0) is 6.42 Å². The molecule has 13 heavy (non-hydrogen) atoms. The smallest absolute Gasteiger partial charge is 0.153 e. The molecule has 0 radical (unpaired) electrons. The first-order chi connectivity index (χ1) is 6.11. The molecule has 1 aromatic carbocycles. The van der Waals surface area contributed by atoms with Crippen LogP contribution in [0.15, 0.2) is 6.07 Å². The third-order valence-electron chi connectivity index (χ3n) is 2.08. The van der Waals surface area contributed by atoms with Gasteiger partial charge in [-0.2, -0.15) is 0 Å². The molecule has 70 valence electrons. The molecule has 0 atom stereocenters. The third kappa shape index (κ3) is 1.54. The van der Waals surface area contributed by atoms with E-state index < -0.39 is 5.82 Å². The summed E-state index contributed by atoms with van der Waals surface area (Å²) in [6.07, 6.45) is 1.04. The zero-order chi connectivity index (χ0) is 10.0. The van der Waals surface area contributed by atoms with E-state index in [1.807, 2.05) is 0 Å². The number of rotatable bonds is 2. The number of phenols is 1. The second-order valence-corrected chi connectivity index (χ2v) is 2.88. The van der Waals surface area contributed by atoms with Gasteiger partial charge in [0, 0.05) is 5.56 Å². The van der Waals surface area contributed by atoms with Gasteiger partial charge in [-0.1, -0.05) is 6.92 Å². The molecule has 2 nitrogen and oxygen atoms in total. The molecule has 0 bridgehead atoms. The maximum Gasteiger partial charge on any atom is 0.153 e. The van der Waals surface area contributed by atoms with Gasteiger partial charge in [-0.3, -0.25) is 4.79 Å². The molecule has 0 spiro atoms. The minimum absolute atomic E-state index is 0.140. The Balaban J connectivity index is 3.45. The zero-order valence-corrected chi connectivity index (χ0v) is 7.60. The van der Waals surface area contributed by atoms with Crippen LogP contribution in [0.4, 0.5) is 4.39 Å². The van der Waals surface area contributed by atoms with E-state index in [1.54, 1.807) is 6.92 Å². The molecule has 0 aliphatic heterocycles. The zero-order valence-electron chi connectivity index (χ0n) is 7.60.